The number of para-hydroxylation sites is 1. The Morgan fingerprint density at radius 2 is 1.79 bits per heavy atom. The fourth-order valence-electron chi connectivity index (χ4n) is 5.35. The van der Waals surface area contributed by atoms with E-state index in [2.05, 4.69) is 4.90 Å². The Hall–Kier alpha value is -1.87. The van der Waals surface area contributed by atoms with Gasteiger partial charge in [-0.2, -0.15) is 0 Å². The summed E-state index contributed by atoms with van der Waals surface area (Å²) in [6.45, 7) is 8.44. The van der Waals surface area contributed by atoms with E-state index < -0.39 is 21.4 Å². The summed E-state index contributed by atoms with van der Waals surface area (Å²) in [6.07, 6.45) is 6.16. The molecule has 0 aromatic heterocycles. The van der Waals surface area contributed by atoms with E-state index >= 15 is 0 Å². The molecule has 1 spiro atoms. The van der Waals surface area contributed by atoms with Gasteiger partial charge in [-0.3, -0.25) is 4.90 Å². The Bertz CT molecular complexity index is 981. The summed E-state index contributed by atoms with van der Waals surface area (Å²) in [4.78, 5) is 17.0. The predicted molar refractivity (Wildman–Crippen MR) is 127 cm³/mol. The van der Waals surface area contributed by atoms with E-state index in [4.69, 9.17) is 9.47 Å². The van der Waals surface area contributed by atoms with E-state index in [0.29, 0.717) is 25.1 Å². The van der Waals surface area contributed by atoms with Crippen LogP contribution in [0.4, 0.5) is 9.18 Å². The smallest absolute Gasteiger partial charge is 0.410 e. The molecule has 0 radical (unpaired) electrons. The zero-order chi connectivity index (χ0) is 24.6. The van der Waals surface area contributed by atoms with Crippen LogP contribution in [0.2, 0.25) is 0 Å². The second kappa shape index (κ2) is 9.64. The largest absolute Gasteiger partial charge is 0.492 e. The minimum atomic E-state index is -3.97. The molecule has 3 aliphatic rings. The van der Waals surface area contributed by atoms with Crippen LogP contribution in [0, 0.1) is 5.92 Å². The number of hydrogen-bond acceptors (Lipinski definition) is 6. The minimum absolute atomic E-state index is 0.0790. The highest BCUT2D eigenvalue weighted by Crippen LogP contribution is 2.47. The highest BCUT2D eigenvalue weighted by Gasteiger charge is 2.54. The quantitative estimate of drug-likeness (QED) is 0.581. The second-order valence-corrected chi connectivity index (χ2v) is 12.9. The summed E-state index contributed by atoms with van der Waals surface area (Å²) in [6, 6.07) is 5.34. The normalized spacial score (nSPS) is 25.2. The first kappa shape index (κ1) is 25.2. The SMILES string of the molecule is CC(C)(C)OC(=O)N1CCN(C2CCC(COc3ccccc3S(=O)(=O)CF)CC2)C2(CC2)C1. The molecule has 3 fully saturated rings. The number of alkyl halides is 1. The number of piperazine rings is 1. The zero-order valence-corrected chi connectivity index (χ0v) is 21.3. The zero-order valence-electron chi connectivity index (χ0n) is 20.5. The lowest BCUT2D eigenvalue weighted by atomic mass is 9.84. The maximum absolute atomic E-state index is 13.0. The number of halogens is 1. The van der Waals surface area contributed by atoms with Gasteiger partial charge < -0.3 is 14.4 Å². The lowest BCUT2D eigenvalue weighted by molar-refractivity contribution is -0.0191. The van der Waals surface area contributed by atoms with E-state index in [-0.39, 0.29) is 22.3 Å². The average molecular weight is 497 g/mol. The monoisotopic (exact) mass is 496 g/mol. The molecule has 34 heavy (non-hydrogen) atoms. The van der Waals surface area contributed by atoms with Gasteiger partial charge in [-0.25, -0.2) is 17.6 Å². The van der Waals surface area contributed by atoms with E-state index in [0.717, 1.165) is 51.6 Å². The van der Waals surface area contributed by atoms with Gasteiger partial charge >= 0.3 is 6.09 Å². The summed E-state index contributed by atoms with van der Waals surface area (Å²) in [5.41, 5.74) is -0.384. The number of amides is 1. The van der Waals surface area contributed by atoms with Gasteiger partial charge in [0.15, 0.2) is 6.01 Å². The summed E-state index contributed by atoms with van der Waals surface area (Å²) >= 11 is 0. The lowest BCUT2D eigenvalue weighted by Crippen LogP contribution is -2.60. The van der Waals surface area contributed by atoms with Gasteiger partial charge in [-0.05, 0) is 77.3 Å². The number of benzene rings is 1. The van der Waals surface area contributed by atoms with Gasteiger partial charge in [0.1, 0.15) is 16.2 Å². The number of carbonyl (C=O) groups is 1. The third kappa shape index (κ3) is 5.67. The topological polar surface area (TPSA) is 76.2 Å². The van der Waals surface area contributed by atoms with Crippen molar-refractivity contribution in [3.8, 4) is 5.75 Å². The Kier molecular flexibility index (Phi) is 7.16. The van der Waals surface area contributed by atoms with Gasteiger partial charge in [-0.1, -0.05) is 12.1 Å². The number of hydrogen-bond donors (Lipinski definition) is 0. The molecule has 0 N–H and O–H groups in total. The van der Waals surface area contributed by atoms with E-state index in [1.807, 2.05) is 25.7 Å². The summed E-state index contributed by atoms with van der Waals surface area (Å²) < 4.78 is 48.4. The molecule has 2 aliphatic carbocycles. The van der Waals surface area contributed by atoms with Crippen molar-refractivity contribution < 1.29 is 27.1 Å². The number of rotatable bonds is 6. The molecule has 1 saturated heterocycles. The van der Waals surface area contributed by atoms with Gasteiger partial charge in [-0.15, -0.1) is 0 Å². The van der Waals surface area contributed by atoms with Crippen LogP contribution in [-0.2, 0) is 14.6 Å². The van der Waals surface area contributed by atoms with Crippen molar-refractivity contribution >= 4 is 15.9 Å². The molecule has 2 saturated carbocycles. The molecule has 0 unspecified atom stereocenters. The maximum Gasteiger partial charge on any atom is 0.410 e. The molecule has 1 aromatic rings. The van der Waals surface area contributed by atoms with Crippen LogP contribution in [0.15, 0.2) is 29.2 Å². The highest BCUT2D eigenvalue weighted by molar-refractivity contribution is 7.91. The van der Waals surface area contributed by atoms with E-state index in [1.54, 1.807) is 18.2 Å². The van der Waals surface area contributed by atoms with Crippen LogP contribution in [-0.4, -0.2) is 73.7 Å². The molecule has 7 nitrogen and oxygen atoms in total. The number of carbonyl (C=O) groups excluding carboxylic acids is 1. The van der Waals surface area contributed by atoms with Crippen molar-refractivity contribution in [2.24, 2.45) is 5.92 Å². The number of nitrogens with zero attached hydrogens (tertiary/aromatic N) is 2. The molecule has 9 heteroatoms. The van der Waals surface area contributed by atoms with Crippen molar-refractivity contribution in [3.05, 3.63) is 24.3 Å². The molecule has 1 aliphatic heterocycles. The molecule has 4 rings (SSSR count). The lowest BCUT2D eigenvalue weighted by Gasteiger charge is -2.47. The van der Waals surface area contributed by atoms with Crippen molar-refractivity contribution in [2.45, 2.75) is 81.4 Å². The molecule has 1 amide bonds. The minimum Gasteiger partial charge on any atom is -0.492 e. The van der Waals surface area contributed by atoms with Crippen LogP contribution in [0.5, 0.6) is 5.75 Å². The van der Waals surface area contributed by atoms with Gasteiger partial charge in [0.2, 0.25) is 9.84 Å². The highest BCUT2D eigenvalue weighted by atomic mass is 32.2. The summed E-state index contributed by atoms with van der Waals surface area (Å²) in [5, 5.41) is 0. The van der Waals surface area contributed by atoms with Crippen LogP contribution in [0.3, 0.4) is 0 Å². The third-order valence-electron chi connectivity index (χ3n) is 7.24. The molecule has 190 valence electrons. The molecular weight excluding hydrogens is 459 g/mol. The first-order valence-electron chi connectivity index (χ1n) is 12.3. The summed E-state index contributed by atoms with van der Waals surface area (Å²) in [7, 11) is -3.97. The van der Waals surface area contributed by atoms with Gasteiger partial charge in [0.25, 0.3) is 0 Å². The van der Waals surface area contributed by atoms with E-state index in [1.165, 1.54) is 6.07 Å². The molecule has 1 aromatic carbocycles. The molecule has 0 bridgehead atoms. The van der Waals surface area contributed by atoms with Crippen LogP contribution in [0.1, 0.15) is 59.3 Å². The first-order chi connectivity index (χ1) is 16.0. The fraction of sp³-hybridized carbons (Fsp3) is 0.720. The third-order valence-corrected chi connectivity index (χ3v) is 8.54. The molecule has 0 atom stereocenters. The second-order valence-electron chi connectivity index (χ2n) is 11.0. The van der Waals surface area contributed by atoms with Gasteiger partial charge in [0, 0.05) is 31.2 Å². The Balaban J connectivity index is 1.29. The van der Waals surface area contributed by atoms with Crippen LogP contribution >= 0.6 is 0 Å². The fourth-order valence-corrected chi connectivity index (χ4v) is 6.19. The Morgan fingerprint density at radius 1 is 1.12 bits per heavy atom. The molecule has 1 heterocycles. The van der Waals surface area contributed by atoms with E-state index in [9.17, 15) is 17.6 Å². The molecular formula is C25H37FN2O5S. The average Bonchev–Trinajstić information content (AvgIpc) is 3.56. The van der Waals surface area contributed by atoms with Crippen molar-refractivity contribution in [1.82, 2.24) is 9.80 Å². The van der Waals surface area contributed by atoms with Crippen molar-refractivity contribution in [2.75, 3.05) is 32.2 Å². The Labute approximate surface area is 202 Å². The predicted octanol–water partition coefficient (Wildman–Crippen LogP) is 4.41. The van der Waals surface area contributed by atoms with Crippen LogP contribution in [0.25, 0.3) is 0 Å². The Morgan fingerprint density at radius 3 is 2.41 bits per heavy atom. The number of ether oxygens (including phenoxy) is 2. The number of sulfone groups is 1. The summed E-state index contributed by atoms with van der Waals surface area (Å²) in [5.74, 6) is 0.577. The van der Waals surface area contributed by atoms with Crippen LogP contribution < -0.4 is 4.74 Å². The van der Waals surface area contributed by atoms with Crippen molar-refractivity contribution in [1.29, 1.82) is 0 Å². The standard InChI is InChI=1S/C25H37FN2O5S/c1-24(2,3)33-23(29)27-14-15-28(25(17-27)12-13-25)20-10-8-19(9-11-20)16-32-21-6-4-5-7-22(21)34(30,31)18-26/h4-7,19-20H,8-18H2,1-3H3. The van der Waals surface area contributed by atoms with Gasteiger partial charge in [0.05, 0.1) is 6.61 Å². The van der Waals surface area contributed by atoms with Crippen molar-refractivity contribution in [3.63, 3.8) is 0 Å². The first-order valence-corrected chi connectivity index (χ1v) is 13.9. The maximum atomic E-state index is 13.0.